The molecule has 1 fully saturated rings. The number of rotatable bonds is 4. The molecule has 0 aromatic carbocycles. The Morgan fingerprint density at radius 1 is 1.67 bits per heavy atom. The molecule has 82 valence electrons. The first-order valence-corrected chi connectivity index (χ1v) is 5.13. The molecular formula is C10H15N3O2. The molecular weight excluding hydrogens is 194 g/mol. The van der Waals surface area contributed by atoms with Gasteiger partial charge in [0.15, 0.2) is 0 Å². The van der Waals surface area contributed by atoms with Crippen molar-refractivity contribution in [1.29, 1.82) is 0 Å². The summed E-state index contributed by atoms with van der Waals surface area (Å²) < 4.78 is 10.5. The molecule has 1 aliphatic heterocycles. The summed E-state index contributed by atoms with van der Waals surface area (Å²) in [7, 11) is 0. The minimum absolute atomic E-state index is 0.0153. The zero-order valence-corrected chi connectivity index (χ0v) is 8.56. The molecule has 1 aromatic rings. The van der Waals surface area contributed by atoms with E-state index in [2.05, 4.69) is 16.7 Å². The van der Waals surface area contributed by atoms with Crippen LogP contribution in [0.3, 0.4) is 0 Å². The van der Waals surface area contributed by atoms with E-state index < -0.39 is 0 Å². The zero-order chi connectivity index (χ0) is 10.7. The molecule has 0 spiro atoms. The maximum atomic E-state index is 5.81. The summed E-state index contributed by atoms with van der Waals surface area (Å²) in [5.74, 6) is 1.07. The highest BCUT2D eigenvalue weighted by molar-refractivity contribution is 4.97. The van der Waals surface area contributed by atoms with Crippen LogP contribution in [0.15, 0.2) is 17.2 Å². The summed E-state index contributed by atoms with van der Waals surface area (Å²) >= 11 is 0. The third kappa shape index (κ3) is 2.24. The number of nitrogens with two attached hydrogens (primary N) is 1. The second kappa shape index (κ2) is 4.55. The molecule has 1 saturated heterocycles. The molecule has 0 saturated carbocycles. The minimum atomic E-state index is -0.259. The molecule has 15 heavy (non-hydrogen) atoms. The fourth-order valence-electron chi connectivity index (χ4n) is 1.59. The molecule has 0 bridgehead atoms. The van der Waals surface area contributed by atoms with Gasteiger partial charge in [-0.25, -0.2) is 0 Å². The first-order valence-electron chi connectivity index (χ1n) is 5.13. The van der Waals surface area contributed by atoms with E-state index in [1.807, 2.05) is 0 Å². The molecule has 1 aromatic heterocycles. The lowest BCUT2D eigenvalue weighted by Crippen LogP contribution is -2.09. The van der Waals surface area contributed by atoms with Gasteiger partial charge >= 0.3 is 0 Å². The average Bonchev–Trinajstić information content (AvgIpc) is 2.89. The van der Waals surface area contributed by atoms with Crippen molar-refractivity contribution in [2.24, 2.45) is 5.73 Å². The lowest BCUT2D eigenvalue weighted by Gasteiger charge is -2.02. The van der Waals surface area contributed by atoms with E-state index in [-0.39, 0.29) is 12.1 Å². The lowest BCUT2D eigenvalue weighted by molar-refractivity contribution is 0.103. The highest BCUT2D eigenvalue weighted by Gasteiger charge is 2.24. The molecule has 2 atom stereocenters. The van der Waals surface area contributed by atoms with Crippen molar-refractivity contribution in [2.75, 3.05) is 6.61 Å². The number of hydrogen-bond acceptors (Lipinski definition) is 5. The van der Waals surface area contributed by atoms with Crippen LogP contribution in [0.4, 0.5) is 0 Å². The Labute approximate surface area is 88.3 Å². The van der Waals surface area contributed by atoms with Crippen LogP contribution in [0.1, 0.15) is 43.1 Å². The molecule has 2 N–H and O–H groups in total. The van der Waals surface area contributed by atoms with Crippen LogP contribution in [-0.2, 0) is 4.74 Å². The van der Waals surface area contributed by atoms with Gasteiger partial charge in [-0.15, -0.1) is 6.58 Å². The summed E-state index contributed by atoms with van der Waals surface area (Å²) in [5, 5.41) is 3.88. The number of hydrogen-bond donors (Lipinski definition) is 1. The third-order valence-electron chi connectivity index (χ3n) is 2.41. The van der Waals surface area contributed by atoms with Crippen LogP contribution in [0, 0.1) is 0 Å². The predicted octanol–water partition coefficient (Wildman–Crippen LogP) is 1.50. The lowest BCUT2D eigenvalue weighted by atomic mass is 10.2. The van der Waals surface area contributed by atoms with Crippen LogP contribution in [0.2, 0.25) is 0 Å². The van der Waals surface area contributed by atoms with E-state index in [9.17, 15) is 0 Å². The largest absolute Gasteiger partial charge is 0.370 e. The summed E-state index contributed by atoms with van der Waals surface area (Å²) in [4.78, 5) is 4.24. The Hall–Kier alpha value is -1.20. The molecule has 5 nitrogen and oxygen atoms in total. The van der Waals surface area contributed by atoms with Crippen LogP contribution in [-0.4, -0.2) is 16.7 Å². The smallest absolute Gasteiger partial charge is 0.243 e. The van der Waals surface area contributed by atoms with Gasteiger partial charge in [-0.05, 0) is 19.3 Å². The zero-order valence-electron chi connectivity index (χ0n) is 8.56. The maximum Gasteiger partial charge on any atom is 0.243 e. The van der Waals surface area contributed by atoms with Crippen molar-refractivity contribution in [1.82, 2.24) is 10.1 Å². The van der Waals surface area contributed by atoms with E-state index in [4.69, 9.17) is 15.0 Å². The monoisotopic (exact) mass is 209 g/mol. The van der Waals surface area contributed by atoms with Gasteiger partial charge in [0.2, 0.25) is 11.7 Å². The van der Waals surface area contributed by atoms with Crippen molar-refractivity contribution in [3.8, 4) is 0 Å². The van der Waals surface area contributed by atoms with Gasteiger partial charge in [0.1, 0.15) is 6.10 Å². The van der Waals surface area contributed by atoms with Crippen molar-refractivity contribution >= 4 is 0 Å². The van der Waals surface area contributed by atoms with Crippen molar-refractivity contribution in [3.05, 3.63) is 24.4 Å². The average molecular weight is 209 g/mol. The van der Waals surface area contributed by atoms with Gasteiger partial charge in [-0.3, -0.25) is 0 Å². The first kappa shape index (κ1) is 10.3. The summed E-state index contributed by atoms with van der Waals surface area (Å²) in [5.41, 5.74) is 5.81. The van der Waals surface area contributed by atoms with Crippen LogP contribution >= 0.6 is 0 Å². The SMILES string of the molecule is C=CCC(N)c1nc(C2CCCO2)no1. The van der Waals surface area contributed by atoms with Crippen LogP contribution in [0.25, 0.3) is 0 Å². The normalized spacial score (nSPS) is 22.9. The molecule has 2 rings (SSSR count). The molecule has 1 aliphatic rings. The summed E-state index contributed by atoms with van der Waals surface area (Å²) in [6.07, 6.45) is 4.36. The molecule has 0 aliphatic carbocycles. The Morgan fingerprint density at radius 3 is 3.20 bits per heavy atom. The third-order valence-corrected chi connectivity index (χ3v) is 2.41. The molecule has 2 unspecified atom stereocenters. The van der Waals surface area contributed by atoms with E-state index in [0.717, 1.165) is 19.4 Å². The second-order valence-electron chi connectivity index (χ2n) is 3.62. The number of nitrogens with zero attached hydrogens (tertiary/aromatic N) is 2. The van der Waals surface area contributed by atoms with Gasteiger partial charge in [0.05, 0.1) is 6.04 Å². The summed E-state index contributed by atoms with van der Waals surface area (Å²) in [6, 6.07) is -0.259. The maximum absolute atomic E-state index is 5.81. The van der Waals surface area contributed by atoms with Crippen LogP contribution in [0.5, 0.6) is 0 Å². The topological polar surface area (TPSA) is 74.2 Å². The molecule has 0 amide bonds. The molecule has 5 heteroatoms. The number of ether oxygens (including phenoxy) is 1. The van der Waals surface area contributed by atoms with E-state index in [0.29, 0.717) is 18.1 Å². The quantitative estimate of drug-likeness (QED) is 0.760. The van der Waals surface area contributed by atoms with Gasteiger partial charge in [0, 0.05) is 6.61 Å². The fraction of sp³-hybridized carbons (Fsp3) is 0.600. The highest BCUT2D eigenvalue weighted by atomic mass is 16.5. The Balaban J connectivity index is 2.05. The summed E-state index contributed by atoms with van der Waals surface area (Å²) in [6.45, 7) is 4.39. The Morgan fingerprint density at radius 2 is 2.53 bits per heavy atom. The van der Waals surface area contributed by atoms with Gasteiger partial charge in [-0.2, -0.15) is 4.98 Å². The van der Waals surface area contributed by atoms with Crippen molar-refractivity contribution < 1.29 is 9.26 Å². The Bertz CT molecular complexity index is 331. The molecule has 2 heterocycles. The number of aromatic nitrogens is 2. The van der Waals surface area contributed by atoms with Gasteiger partial charge in [-0.1, -0.05) is 11.2 Å². The molecule has 0 radical (unpaired) electrons. The standard InChI is InChI=1S/C10H15N3O2/c1-2-4-7(11)10-12-9(13-15-10)8-5-3-6-14-8/h2,7-8H,1,3-6,11H2. The van der Waals surface area contributed by atoms with Crippen molar-refractivity contribution in [3.63, 3.8) is 0 Å². The van der Waals surface area contributed by atoms with Crippen molar-refractivity contribution in [2.45, 2.75) is 31.4 Å². The van der Waals surface area contributed by atoms with E-state index in [1.54, 1.807) is 6.08 Å². The predicted molar refractivity (Wildman–Crippen MR) is 54.0 cm³/mol. The Kier molecular flexibility index (Phi) is 3.13. The highest BCUT2D eigenvalue weighted by Crippen LogP contribution is 2.27. The van der Waals surface area contributed by atoms with Crippen LogP contribution < -0.4 is 5.73 Å². The van der Waals surface area contributed by atoms with Gasteiger partial charge in [0.25, 0.3) is 0 Å². The second-order valence-corrected chi connectivity index (χ2v) is 3.62. The van der Waals surface area contributed by atoms with Gasteiger partial charge < -0.3 is 15.0 Å². The fourth-order valence-corrected chi connectivity index (χ4v) is 1.59. The minimum Gasteiger partial charge on any atom is -0.370 e. The first-order chi connectivity index (χ1) is 7.31. The van der Waals surface area contributed by atoms with E-state index in [1.165, 1.54) is 0 Å². The van der Waals surface area contributed by atoms with E-state index >= 15 is 0 Å².